The van der Waals surface area contributed by atoms with E-state index in [2.05, 4.69) is 5.10 Å². The lowest BCUT2D eigenvalue weighted by molar-refractivity contribution is 0.786. The van der Waals surface area contributed by atoms with Crippen LogP contribution in [0, 0.1) is 32.1 Å². The maximum atomic E-state index is 12.7. The van der Waals surface area contributed by atoms with Crippen molar-refractivity contribution in [2.45, 2.75) is 20.8 Å². The van der Waals surface area contributed by atoms with Gasteiger partial charge in [0.05, 0.1) is 11.9 Å². The number of hydrogen-bond acceptors (Lipinski definition) is 4. The van der Waals surface area contributed by atoms with Crippen molar-refractivity contribution in [2.75, 3.05) is 0 Å². The summed E-state index contributed by atoms with van der Waals surface area (Å²) in [6, 6.07) is 21.6. The Morgan fingerprint density at radius 3 is 2.42 bits per heavy atom. The Balaban J connectivity index is 1.87. The minimum absolute atomic E-state index is 0.0987. The summed E-state index contributed by atoms with van der Waals surface area (Å²) in [5.41, 5.74) is 5.50. The number of benzene rings is 2. The summed E-state index contributed by atoms with van der Waals surface area (Å²) < 4.78 is 3.08. The fourth-order valence-electron chi connectivity index (χ4n) is 3.53. The molecule has 0 amide bonds. The van der Waals surface area contributed by atoms with Crippen LogP contribution in [0.3, 0.4) is 0 Å². The third-order valence-electron chi connectivity index (χ3n) is 5.14. The van der Waals surface area contributed by atoms with Gasteiger partial charge in [0.2, 0.25) is 0 Å². The van der Waals surface area contributed by atoms with E-state index in [4.69, 9.17) is 5.10 Å². The Bertz CT molecular complexity index is 1390. The van der Waals surface area contributed by atoms with E-state index < -0.39 is 5.56 Å². The first-order valence-electron chi connectivity index (χ1n) is 9.88. The molecule has 0 saturated heterocycles. The van der Waals surface area contributed by atoms with E-state index >= 15 is 0 Å². The highest BCUT2D eigenvalue weighted by atomic mass is 16.1. The van der Waals surface area contributed by atoms with Crippen LogP contribution >= 0.6 is 0 Å². The molecule has 0 bridgehead atoms. The van der Waals surface area contributed by atoms with Gasteiger partial charge in [0, 0.05) is 23.0 Å². The summed E-state index contributed by atoms with van der Waals surface area (Å²) in [6.07, 6.45) is 3.52. The lowest BCUT2D eigenvalue weighted by Crippen LogP contribution is -2.22. The number of hydrogen-bond donors (Lipinski definition) is 0. The van der Waals surface area contributed by atoms with Crippen molar-refractivity contribution >= 4 is 6.21 Å². The number of aromatic nitrogens is 3. The number of para-hydroxylation sites is 1. The van der Waals surface area contributed by atoms with Gasteiger partial charge in [-0.25, -0.2) is 9.36 Å². The highest BCUT2D eigenvalue weighted by molar-refractivity contribution is 5.88. The average Bonchev–Trinajstić information content (AvgIpc) is 3.18. The first kappa shape index (κ1) is 20.0. The van der Waals surface area contributed by atoms with E-state index in [1.54, 1.807) is 26.1 Å². The molecule has 31 heavy (non-hydrogen) atoms. The van der Waals surface area contributed by atoms with Crippen molar-refractivity contribution in [3.8, 4) is 23.0 Å². The predicted octanol–water partition coefficient (Wildman–Crippen LogP) is 4.38. The highest BCUT2D eigenvalue weighted by Crippen LogP contribution is 2.23. The molecule has 2 aromatic heterocycles. The maximum absolute atomic E-state index is 12.7. The topological polar surface area (TPSA) is 76.0 Å². The van der Waals surface area contributed by atoms with Crippen LogP contribution in [0.25, 0.3) is 16.9 Å². The van der Waals surface area contributed by atoms with E-state index in [0.717, 1.165) is 28.1 Å². The number of pyridine rings is 1. The summed E-state index contributed by atoms with van der Waals surface area (Å²) in [5, 5.41) is 18.5. The number of aryl methyl sites for hydroxylation is 3. The SMILES string of the molecule is Cc1ccccc1-n1cc(C=Nn2c(C)cc(C)c(C#N)c2=O)c(-c2ccccc2)n1. The summed E-state index contributed by atoms with van der Waals surface area (Å²) in [4.78, 5) is 12.7. The zero-order valence-corrected chi connectivity index (χ0v) is 17.6. The quantitative estimate of drug-likeness (QED) is 0.471. The monoisotopic (exact) mass is 407 g/mol. The van der Waals surface area contributed by atoms with Crippen LogP contribution in [-0.2, 0) is 0 Å². The predicted molar refractivity (Wildman–Crippen MR) is 122 cm³/mol. The molecular formula is C25H21N5O. The first-order valence-corrected chi connectivity index (χ1v) is 9.88. The fraction of sp³-hybridized carbons (Fsp3) is 0.120. The minimum Gasteiger partial charge on any atom is -0.266 e. The largest absolute Gasteiger partial charge is 0.289 e. The molecule has 152 valence electrons. The van der Waals surface area contributed by atoms with Gasteiger partial charge in [-0.05, 0) is 44.0 Å². The second kappa shape index (κ2) is 8.25. The molecule has 2 heterocycles. The lowest BCUT2D eigenvalue weighted by atomic mass is 10.1. The molecular weight excluding hydrogens is 386 g/mol. The van der Waals surface area contributed by atoms with Crippen molar-refractivity contribution in [3.63, 3.8) is 0 Å². The maximum Gasteiger partial charge on any atom is 0.289 e. The van der Waals surface area contributed by atoms with Gasteiger partial charge in [-0.1, -0.05) is 48.5 Å². The average molecular weight is 407 g/mol. The van der Waals surface area contributed by atoms with Crippen molar-refractivity contribution in [1.29, 1.82) is 5.26 Å². The Hall–Kier alpha value is -4.24. The second-order valence-electron chi connectivity index (χ2n) is 7.35. The van der Waals surface area contributed by atoms with Gasteiger partial charge in [0.25, 0.3) is 5.56 Å². The molecule has 0 N–H and O–H groups in total. The lowest BCUT2D eigenvalue weighted by Gasteiger charge is -2.06. The molecule has 6 heteroatoms. The summed E-state index contributed by atoms with van der Waals surface area (Å²) in [6.45, 7) is 5.58. The standard InChI is InChI=1S/C25H21N5O/c1-17-9-7-8-12-23(17)29-16-21(24(28-29)20-10-5-4-6-11-20)15-27-30-19(3)13-18(2)22(14-26)25(30)31/h4-13,15-16H,1-3H3. The number of nitrogens with zero attached hydrogens (tertiary/aromatic N) is 5. The van der Waals surface area contributed by atoms with Crippen molar-refractivity contribution in [2.24, 2.45) is 5.10 Å². The van der Waals surface area contributed by atoms with Crippen LogP contribution < -0.4 is 5.56 Å². The van der Waals surface area contributed by atoms with E-state index in [1.165, 1.54) is 4.68 Å². The molecule has 0 unspecified atom stereocenters. The fourth-order valence-corrected chi connectivity index (χ4v) is 3.53. The molecule has 0 atom stereocenters. The van der Waals surface area contributed by atoms with Crippen LogP contribution in [0.4, 0.5) is 0 Å². The number of rotatable bonds is 4. The Kier molecular flexibility index (Phi) is 5.33. The van der Waals surface area contributed by atoms with Gasteiger partial charge in [0.1, 0.15) is 17.3 Å². The molecule has 0 radical (unpaired) electrons. The van der Waals surface area contributed by atoms with E-state index in [0.29, 0.717) is 11.3 Å². The Morgan fingerprint density at radius 2 is 1.71 bits per heavy atom. The molecule has 2 aromatic carbocycles. The van der Waals surface area contributed by atoms with Crippen molar-refractivity contribution in [3.05, 3.63) is 105 Å². The molecule has 0 aliphatic heterocycles. The molecule has 6 nitrogen and oxygen atoms in total. The second-order valence-corrected chi connectivity index (χ2v) is 7.35. The zero-order chi connectivity index (χ0) is 22.0. The first-order chi connectivity index (χ1) is 15.0. The highest BCUT2D eigenvalue weighted by Gasteiger charge is 2.13. The normalized spacial score (nSPS) is 11.0. The van der Waals surface area contributed by atoms with Crippen LogP contribution in [0.1, 0.15) is 27.9 Å². The van der Waals surface area contributed by atoms with Gasteiger partial charge in [0.15, 0.2) is 0 Å². The summed E-state index contributed by atoms with van der Waals surface area (Å²) >= 11 is 0. The summed E-state index contributed by atoms with van der Waals surface area (Å²) in [5.74, 6) is 0. The van der Waals surface area contributed by atoms with Gasteiger partial charge in [-0.3, -0.25) is 4.79 Å². The smallest absolute Gasteiger partial charge is 0.266 e. The van der Waals surface area contributed by atoms with Crippen LogP contribution in [-0.4, -0.2) is 20.7 Å². The van der Waals surface area contributed by atoms with Crippen LogP contribution in [0.2, 0.25) is 0 Å². The Labute approximate surface area is 180 Å². The van der Waals surface area contributed by atoms with E-state index in [-0.39, 0.29) is 5.56 Å². The third-order valence-corrected chi connectivity index (χ3v) is 5.14. The molecule has 0 aliphatic rings. The molecule has 0 saturated carbocycles. The van der Waals surface area contributed by atoms with Crippen molar-refractivity contribution in [1.82, 2.24) is 14.5 Å². The molecule has 0 fully saturated rings. The minimum atomic E-state index is -0.427. The summed E-state index contributed by atoms with van der Waals surface area (Å²) in [7, 11) is 0. The molecule has 0 aliphatic carbocycles. The van der Waals surface area contributed by atoms with E-state index in [1.807, 2.05) is 78.5 Å². The van der Waals surface area contributed by atoms with E-state index in [9.17, 15) is 10.1 Å². The Morgan fingerprint density at radius 1 is 1.00 bits per heavy atom. The van der Waals surface area contributed by atoms with Crippen molar-refractivity contribution < 1.29 is 0 Å². The third kappa shape index (κ3) is 3.81. The molecule has 4 aromatic rings. The zero-order valence-electron chi connectivity index (χ0n) is 17.6. The van der Waals surface area contributed by atoms with Gasteiger partial charge in [-0.2, -0.15) is 15.5 Å². The molecule has 0 spiro atoms. The molecule has 4 rings (SSSR count). The van der Waals surface area contributed by atoms with Gasteiger partial charge < -0.3 is 0 Å². The number of nitriles is 1. The van der Waals surface area contributed by atoms with Gasteiger partial charge in [-0.15, -0.1) is 0 Å². The van der Waals surface area contributed by atoms with Crippen LogP contribution in [0.5, 0.6) is 0 Å². The van der Waals surface area contributed by atoms with Crippen LogP contribution in [0.15, 0.2) is 76.8 Å². The van der Waals surface area contributed by atoms with Gasteiger partial charge >= 0.3 is 0 Å².